The maximum absolute atomic E-state index is 13.3. The van der Waals surface area contributed by atoms with Gasteiger partial charge in [0.2, 0.25) is 5.91 Å². The maximum atomic E-state index is 13.3. The lowest BCUT2D eigenvalue weighted by molar-refractivity contribution is -0.119. The summed E-state index contributed by atoms with van der Waals surface area (Å²) < 4.78 is 18.6. The van der Waals surface area contributed by atoms with Crippen molar-refractivity contribution in [2.24, 2.45) is 0 Å². The Hall–Kier alpha value is -1.62. The average molecular weight is 252 g/mol. The Morgan fingerprint density at radius 3 is 3.00 bits per heavy atom. The SMILES string of the molecule is O=C(CNc1ccccc1F)NCC1CCCO1. The first-order valence-electron chi connectivity index (χ1n) is 6.12. The van der Waals surface area contributed by atoms with Crippen molar-refractivity contribution in [1.82, 2.24) is 5.32 Å². The first-order chi connectivity index (χ1) is 8.75. The molecule has 0 spiro atoms. The van der Waals surface area contributed by atoms with E-state index in [0.29, 0.717) is 12.2 Å². The number of amides is 1. The van der Waals surface area contributed by atoms with Gasteiger partial charge in [0.1, 0.15) is 5.82 Å². The predicted octanol–water partition coefficient (Wildman–Crippen LogP) is 1.53. The third-order valence-corrected chi connectivity index (χ3v) is 2.86. The Morgan fingerprint density at radius 1 is 1.44 bits per heavy atom. The lowest BCUT2D eigenvalue weighted by Gasteiger charge is -2.11. The summed E-state index contributed by atoms with van der Waals surface area (Å²) in [4.78, 5) is 11.5. The molecule has 1 atom stereocenters. The Bertz CT molecular complexity index is 406. The fourth-order valence-electron chi connectivity index (χ4n) is 1.88. The lowest BCUT2D eigenvalue weighted by Crippen LogP contribution is -2.35. The van der Waals surface area contributed by atoms with E-state index < -0.39 is 0 Å². The van der Waals surface area contributed by atoms with E-state index in [1.807, 2.05) is 0 Å². The molecule has 2 N–H and O–H groups in total. The first-order valence-corrected chi connectivity index (χ1v) is 6.12. The van der Waals surface area contributed by atoms with Gasteiger partial charge in [-0.05, 0) is 25.0 Å². The zero-order valence-electron chi connectivity index (χ0n) is 10.1. The van der Waals surface area contributed by atoms with Crippen LogP contribution in [0.5, 0.6) is 0 Å². The molecule has 0 bridgehead atoms. The highest BCUT2D eigenvalue weighted by Crippen LogP contribution is 2.12. The van der Waals surface area contributed by atoms with Crippen LogP contribution in [0, 0.1) is 5.82 Å². The highest BCUT2D eigenvalue weighted by atomic mass is 19.1. The van der Waals surface area contributed by atoms with Gasteiger partial charge in [-0.15, -0.1) is 0 Å². The van der Waals surface area contributed by atoms with Crippen LogP contribution in [0.4, 0.5) is 10.1 Å². The van der Waals surface area contributed by atoms with Crippen molar-refractivity contribution < 1.29 is 13.9 Å². The summed E-state index contributed by atoms with van der Waals surface area (Å²) in [5, 5.41) is 5.53. The normalized spacial score (nSPS) is 18.6. The molecule has 1 heterocycles. The van der Waals surface area contributed by atoms with Crippen LogP contribution in [0.25, 0.3) is 0 Å². The number of anilines is 1. The molecule has 0 aliphatic carbocycles. The summed E-state index contributed by atoms with van der Waals surface area (Å²) in [5.41, 5.74) is 0.338. The fraction of sp³-hybridized carbons (Fsp3) is 0.462. The number of halogens is 1. The van der Waals surface area contributed by atoms with Crippen LogP contribution in [0.3, 0.4) is 0 Å². The van der Waals surface area contributed by atoms with Crippen molar-refractivity contribution in [3.8, 4) is 0 Å². The summed E-state index contributed by atoms with van der Waals surface area (Å²) in [7, 11) is 0. The Morgan fingerprint density at radius 2 is 2.28 bits per heavy atom. The van der Waals surface area contributed by atoms with Crippen LogP contribution < -0.4 is 10.6 Å². The average Bonchev–Trinajstić information content (AvgIpc) is 2.88. The predicted molar refractivity (Wildman–Crippen MR) is 66.9 cm³/mol. The Labute approximate surface area is 106 Å². The van der Waals surface area contributed by atoms with E-state index in [4.69, 9.17) is 4.74 Å². The summed E-state index contributed by atoms with van der Waals surface area (Å²) in [6.45, 7) is 1.36. The van der Waals surface area contributed by atoms with Crippen molar-refractivity contribution >= 4 is 11.6 Å². The number of ether oxygens (including phenoxy) is 1. The number of nitrogens with one attached hydrogen (secondary N) is 2. The molecule has 1 aliphatic rings. The van der Waals surface area contributed by atoms with Gasteiger partial charge in [0.25, 0.3) is 0 Å². The van der Waals surface area contributed by atoms with Crippen LogP contribution in [-0.2, 0) is 9.53 Å². The number of carbonyl (C=O) groups is 1. The second-order valence-corrected chi connectivity index (χ2v) is 4.27. The van der Waals surface area contributed by atoms with E-state index >= 15 is 0 Å². The molecule has 4 nitrogen and oxygen atoms in total. The second kappa shape index (κ2) is 6.35. The summed E-state index contributed by atoms with van der Waals surface area (Å²) in [6, 6.07) is 6.28. The standard InChI is InChI=1S/C13H17FN2O2/c14-11-5-1-2-6-12(11)15-9-13(17)16-8-10-4-3-7-18-10/h1-2,5-6,10,15H,3-4,7-9H2,(H,16,17). The van der Waals surface area contributed by atoms with E-state index in [2.05, 4.69) is 10.6 Å². The van der Waals surface area contributed by atoms with Crippen molar-refractivity contribution in [1.29, 1.82) is 0 Å². The monoisotopic (exact) mass is 252 g/mol. The first kappa shape index (κ1) is 12.8. The molecule has 1 aromatic rings. The summed E-state index contributed by atoms with van der Waals surface area (Å²) in [5.74, 6) is -0.516. The van der Waals surface area contributed by atoms with Gasteiger partial charge in [0.15, 0.2) is 0 Å². The Kier molecular flexibility index (Phi) is 4.52. The lowest BCUT2D eigenvalue weighted by atomic mass is 10.2. The molecule has 1 aromatic carbocycles. The zero-order chi connectivity index (χ0) is 12.8. The van der Waals surface area contributed by atoms with Crippen molar-refractivity contribution in [3.63, 3.8) is 0 Å². The van der Waals surface area contributed by atoms with Crippen LogP contribution >= 0.6 is 0 Å². The number of para-hydroxylation sites is 1. The molecule has 0 saturated carbocycles. The van der Waals surface area contributed by atoms with Crippen LogP contribution in [-0.4, -0.2) is 31.7 Å². The van der Waals surface area contributed by atoms with Gasteiger partial charge in [-0.1, -0.05) is 12.1 Å². The molecule has 1 unspecified atom stereocenters. The third-order valence-electron chi connectivity index (χ3n) is 2.86. The maximum Gasteiger partial charge on any atom is 0.239 e. The quantitative estimate of drug-likeness (QED) is 0.835. The number of hydrogen-bond donors (Lipinski definition) is 2. The van der Waals surface area contributed by atoms with Gasteiger partial charge in [-0.2, -0.15) is 0 Å². The third kappa shape index (κ3) is 3.70. The summed E-state index contributed by atoms with van der Waals surface area (Å²) in [6.07, 6.45) is 2.16. The molecular formula is C13H17FN2O2. The second-order valence-electron chi connectivity index (χ2n) is 4.27. The number of rotatable bonds is 5. The highest BCUT2D eigenvalue weighted by Gasteiger charge is 2.15. The Balaban J connectivity index is 1.69. The molecule has 0 radical (unpaired) electrons. The molecule has 1 amide bonds. The van der Waals surface area contributed by atoms with E-state index in [1.54, 1.807) is 18.2 Å². The molecule has 1 aliphatic heterocycles. The summed E-state index contributed by atoms with van der Waals surface area (Å²) >= 11 is 0. The minimum absolute atomic E-state index is 0.0631. The molecule has 5 heteroatoms. The number of carbonyl (C=O) groups excluding carboxylic acids is 1. The van der Waals surface area contributed by atoms with E-state index in [0.717, 1.165) is 19.4 Å². The van der Waals surface area contributed by atoms with Gasteiger partial charge < -0.3 is 15.4 Å². The minimum Gasteiger partial charge on any atom is -0.376 e. The van der Waals surface area contributed by atoms with Crippen LogP contribution in [0.15, 0.2) is 24.3 Å². The van der Waals surface area contributed by atoms with Crippen LogP contribution in [0.2, 0.25) is 0 Å². The molecule has 0 aromatic heterocycles. The van der Waals surface area contributed by atoms with Crippen molar-refractivity contribution in [3.05, 3.63) is 30.1 Å². The van der Waals surface area contributed by atoms with Gasteiger partial charge in [-0.3, -0.25) is 4.79 Å². The topological polar surface area (TPSA) is 50.4 Å². The number of hydrogen-bond acceptors (Lipinski definition) is 3. The smallest absolute Gasteiger partial charge is 0.239 e. The molecular weight excluding hydrogens is 235 g/mol. The van der Waals surface area contributed by atoms with Gasteiger partial charge in [-0.25, -0.2) is 4.39 Å². The van der Waals surface area contributed by atoms with Gasteiger partial charge >= 0.3 is 0 Å². The van der Waals surface area contributed by atoms with E-state index in [1.165, 1.54) is 6.07 Å². The minimum atomic E-state index is -0.357. The van der Waals surface area contributed by atoms with Gasteiger partial charge in [0.05, 0.1) is 18.3 Å². The van der Waals surface area contributed by atoms with Crippen LogP contribution in [0.1, 0.15) is 12.8 Å². The number of benzene rings is 1. The molecule has 2 rings (SSSR count). The molecule has 18 heavy (non-hydrogen) atoms. The van der Waals surface area contributed by atoms with E-state index in [-0.39, 0.29) is 24.4 Å². The molecule has 98 valence electrons. The fourth-order valence-corrected chi connectivity index (χ4v) is 1.88. The van der Waals surface area contributed by atoms with Gasteiger partial charge in [0, 0.05) is 13.2 Å². The zero-order valence-corrected chi connectivity index (χ0v) is 10.1. The van der Waals surface area contributed by atoms with Crippen molar-refractivity contribution in [2.75, 3.05) is 25.0 Å². The largest absolute Gasteiger partial charge is 0.376 e. The van der Waals surface area contributed by atoms with Crippen molar-refractivity contribution in [2.45, 2.75) is 18.9 Å². The highest BCUT2D eigenvalue weighted by molar-refractivity contribution is 5.80. The van der Waals surface area contributed by atoms with E-state index in [9.17, 15) is 9.18 Å². The molecule has 1 saturated heterocycles. The molecule has 1 fully saturated rings.